The molecule has 0 unspecified atom stereocenters. The van der Waals surface area contributed by atoms with Crippen LogP contribution in [0, 0.1) is 0 Å². The summed E-state index contributed by atoms with van der Waals surface area (Å²) in [6, 6.07) is 14.9. The number of para-hydroxylation sites is 1. The van der Waals surface area contributed by atoms with Crippen LogP contribution in [0.1, 0.15) is 23.4 Å². The van der Waals surface area contributed by atoms with Gasteiger partial charge < -0.3 is 15.1 Å². The fourth-order valence-electron chi connectivity index (χ4n) is 3.65. The summed E-state index contributed by atoms with van der Waals surface area (Å²) in [6.07, 6.45) is 2.27. The quantitative estimate of drug-likeness (QED) is 0.558. The van der Waals surface area contributed by atoms with Gasteiger partial charge in [-0.05, 0) is 55.3 Å². The summed E-state index contributed by atoms with van der Waals surface area (Å²) in [5, 5.41) is 6.34. The standard InChI is InChI=1S/C23H23N3O5S/c1-2-22(27)24-18-11-13-26(14-12-18)32(29,30)19-9-7-17(8-10-19)25-23(28)21-15-16-5-3-4-6-20(16)31-21/h2-10,15,18H,1,11-14H2,(H,24,27)(H,25,28). The Morgan fingerprint density at radius 3 is 2.41 bits per heavy atom. The lowest BCUT2D eigenvalue weighted by Gasteiger charge is -2.31. The zero-order chi connectivity index (χ0) is 22.7. The summed E-state index contributed by atoms with van der Waals surface area (Å²) in [5.41, 5.74) is 1.08. The molecule has 1 aromatic heterocycles. The molecule has 0 saturated carbocycles. The van der Waals surface area contributed by atoms with Crippen molar-refractivity contribution in [2.75, 3.05) is 18.4 Å². The number of furan rings is 1. The molecule has 1 aliphatic heterocycles. The van der Waals surface area contributed by atoms with Gasteiger partial charge in [0, 0.05) is 30.2 Å². The van der Waals surface area contributed by atoms with Crippen molar-refractivity contribution in [3.8, 4) is 0 Å². The number of hydrogen-bond donors (Lipinski definition) is 2. The molecule has 3 aromatic rings. The van der Waals surface area contributed by atoms with Crippen molar-refractivity contribution in [1.82, 2.24) is 9.62 Å². The Labute approximate surface area is 185 Å². The average molecular weight is 454 g/mol. The van der Waals surface area contributed by atoms with Crippen molar-refractivity contribution in [1.29, 1.82) is 0 Å². The molecule has 32 heavy (non-hydrogen) atoms. The second kappa shape index (κ2) is 8.97. The number of piperidine rings is 1. The number of fused-ring (bicyclic) bond motifs is 1. The fourth-order valence-corrected chi connectivity index (χ4v) is 5.12. The van der Waals surface area contributed by atoms with Gasteiger partial charge in [-0.15, -0.1) is 0 Å². The zero-order valence-electron chi connectivity index (χ0n) is 17.3. The maximum absolute atomic E-state index is 12.9. The lowest BCUT2D eigenvalue weighted by Crippen LogP contribution is -2.46. The molecule has 1 saturated heterocycles. The van der Waals surface area contributed by atoms with Crippen LogP contribution in [-0.2, 0) is 14.8 Å². The van der Waals surface area contributed by atoms with Crippen LogP contribution in [0.3, 0.4) is 0 Å². The van der Waals surface area contributed by atoms with E-state index in [0.29, 0.717) is 37.2 Å². The number of amides is 2. The Kier molecular flexibility index (Phi) is 6.11. The molecule has 0 bridgehead atoms. The van der Waals surface area contributed by atoms with Crippen LogP contribution < -0.4 is 10.6 Å². The lowest BCUT2D eigenvalue weighted by atomic mass is 10.1. The first-order valence-electron chi connectivity index (χ1n) is 10.2. The Morgan fingerprint density at radius 2 is 1.75 bits per heavy atom. The highest BCUT2D eigenvalue weighted by Gasteiger charge is 2.29. The van der Waals surface area contributed by atoms with Crippen LogP contribution in [0.4, 0.5) is 5.69 Å². The number of benzene rings is 2. The van der Waals surface area contributed by atoms with E-state index >= 15 is 0 Å². The highest BCUT2D eigenvalue weighted by molar-refractivity contribution is 7.89. The van der Waals surface area contributed by atoms with Gasteiger partial charge in [-0.3, -0.25) is 9.59 Å². The van der Waals surface area contributed by atoms with E-state index in [0.717, 1.165) is 5.39 Å². The number of nitrogens with zero attached hydrogens (tertiary/aromatic N) is 1. The van der Waals surface area contributed by atoms with E-state index in [9.17, 15) is 18.0 Å². The third kappa shape index (κ3) is 4.58. The molecule has 1 fully saturated rings. The summed E-state index contributed by atoms with van der Waals surface area (Å²) in [4.78, 5) is 24.0. The van der Waals surface area contributed by atoms with Crippen molar-refractivity contribution in [2.45, 2.75) is 23.8 Å². The highest BCUT2D eigenvalue weighted by atomic mass is 32.2. The molecule has 1 aliphatic rings. The maximum Gasteiger partial charge on any atom is 0.291 e. The molecule has 0 spiro atoms. The molecular weight excluding hydrogens is 430 g/mol. The molecule has 166 valence electrons. The van der Waals surface area contributed by atoms with Gasteiger partial charge >= 0.3 is 0 Å². The van der Waals surface area contributed by atoms with Crippen LogP contribution >= 0.6 is 0 Å². The van der Waals surface area contributed by atoms with E-state index in [-0.39, 0.29) is 22.6 Å². The first-order valence-corrected chi connectivity index (χ1v) is 11.6. The second-order valence-corrected chi connectivity index (χ2v) is 9.46. The molecule has 2 heterocycles. The largest absolute Gasteiger partial charge is 0.451 e. The SMILES string of the molecule is C=CC(=O)NC1CCN(S(=O)(=O)c2ccc(NC(=O)c3cc4ccccc4o3)cc2)CC1. The fraction of sp³-hybridized carbons (Fsp3) is 0.217. The highest BCUT2D eigenvalue weighted by Crippen LogP contribution is 2.23. The molecule has 2 N–H and O–H groups in total. The van der Waals surface area contributed by atoms with Crippen LogP contribution in [0.2, 0.25) is 0 Å². The summed E-state index contributed by atoms with van der Waals surface area (Å²) < 4.78 is 32.9. The number of carbonyl (C=O) groups is 2. The molecule has 2 aromatic carbocycles. The number of sulfonamides is 1. The number of nitrogens with one attached hydrogen (secondary N) is 2. The Bertz CT molecular complexity index is 1220. The van der Waals surface area contributed by atoms with Crippen LogP contribution in [0.5, 0.6) is 0 Å². The molecule has 9 heteroatoms. The zero-order valence-corrected chi connectivity index (χ0v) is 18.1. The summed E-state index contributed by atoms with van der Waals surface area (Å²) >= 11 is 0. The number of hydrogen-bond acceptors (Lipinski definition) is 5. The lowest BCUT2D eigenvalue weighted by molar-refractivity contribution is -0.117. The van der Waals surface area contributed by atoms with Crippen molar-refractivity contribution in [3.63, 3.8) is 0 Å². The van der Waals surface area contributed by atoms with Gasteiger partial charge in [0.05, 0.1) is 4.90 Å². The normalized spacial score (nSPS) is 15.4. The van der Waals surface area contributed by atoms with Crippen LogP contribution in [-0.4, -0.2) is 43.7 Å². The van der Waals surface area contributed by atoms with Crippen molar-refractivity contribution in [2.24, 2.45) is 0 Å². The monoisotopic (exact) mass is 453 g/mol. The molecule has 4 rings (SSSR count). The predicted molar refractivity (Wildman–Crippen MR) is 121 cm³/mol. The van der Waals surface area contributed by atoms with Gasteiger partial charge in [0.2, 0.25) is 15.9 Å². The minimum atomic E-state index is -3.66. The number of carbonyl (C=O) groups excluding carboxylic acids is 2. The van der Waals surface area contributed by atoms with Crippen molar-refractivity contribution >= 4 is 38.5 Å². The number of anilines is 1. The molecular formula is C23H23N3O5S. The Morgan fingerprint density at radius 1 is 1.06 bits per heavy atom. The third-order valence-electron chi connectivity index (χ3n) is 5.38. The van der Waals surface area contributed by atoms with E-state index in [2.05, 4.69) is 17.2 Å². The molecule has 2 amide bonds. The summed E-state index contributed by atoms with van der Waals surface area (Å²) in [5.74, 6) is -0.499. The van der Waals surface area contributed by atoms with E-state index in [1.807, 2.05) is 18.2 Å². The first-order chi connectivity index (χ1) is 15.4. The average Bonchev–Trinajstić information content (AvgIpc) is 3.24. The van der Waals surface area contributed by atoms with E-state index < -0.39 is 15.9 Å². The summed E-state index contributed by atoms with van der Waals surface area (Å²) in [6.45, 7) is 4.05. The van der Waals surface area contributed by atoms with Gasteiger partial charge in [-0.1, -0.05) is 24.8 Å². The Hall–Kier alpha value is -3.43. The topological polar surface area (TPSA) is 109 Å². The van der Waals surface area contributed by atoms with Crippen molar-refractivity contribution < 1.29 is 22.4 Å². The molecule has 0 aliphatic carbocycles. The molecule has 0 atom stereocenters. The third-order valence-corrected chi connectivity index (χ3v) is 7.30. The van der Waals surface area contributed by atoms with Gasteiger partial charge in [0.15, 0.2) is 5.76 Å². The van der Waals surface area contributed by atoms with Crippen LogP contribution in [0.25, 0.3) is 11.0 Å². The van der Waals surface area contributed by atoms with Crippen LogP contribution in [0.15, 0.2) is 76.6 Å². The van der Waals surface area contributed by atoms with E-state index in [4.69, 9.17) is 4.42 Å². The van der Waals surface area contributed by atoms with Gasteiger partial charge in [0.1, 0.15) is 5.58 Å². The van der Waals surface area contributed by atoms with E-state index in [1.165, 1.54) is 22.5 Å². The van der Waals surface area contributed by atoms with Gasteiger partial charge in [-0.25, -0.2) is 8.42 Å². The maximum atomic E-state index is 12.9. The first kappa shape index (κ1) is 21.8. The minimum Gasteiger partial charge on any atom is -0.451 e. The molecule has 8 nitrogen and oxygen atoms in total. The summed E-state index contributed by atoms with van der Waals surface area (Å²) in [7, 11) is -3.66. The second-order valence-electron chi connectivity index (χ2n) is 7.52. The predicted octanol–water partition coefficient (Wildman–Crippen LogP) is 3.14. The minimum absolute atomic E-state index is 0.0669. The smallest absolute Gasteiger partial charge is 0.291 e. The molecule has 0 radical (unpaired) electrons. The van der Waals surface area contributed by atoms with Crippen molar-refractivity contribution in [3.05, 3.63) is 73.0 Å². The van der Waals surface area contributed by atoms with Gasteiger partial charge in [-0.2, -0.15) is 4.31 Å². The van der Waals surface area contributed by atoms with Gasteiger partial charge in [0.25, 0.3) is 5.91 Å². The Balaban J connectivity index is 1.40. The number of rotatable bonds is 6. The van der Waals surface area contributed by atoms with E-state index in [1.54, 1.807) is 24.3 Å².